The van der Waals surface area contributed by atoms with Gasteiger partial charge in [0.05, 0.1) is 6.54 Å². The Labute approximate surface area is 113 Å². The number of rotatable bonds is 3. The Balaban J connectivity index is 2.02. The molecule has 0 aliphatic carbocycles. The fourth-order valence-corrected chi connectivity index (χ4v) is 2.66. The van der Waals surface area contributed by atoms with Crippen molar-refractivity contribution in [3.8, 4) is 11.5 Å². The van der Waals surface area contributed by atoms with Crippen molar-refractivity contribution >= 4 is 5.78 Å². The van der Waals surface area contributed by atoms with Crippen LogP contribution >= 0.6 is 0 Å². The van der Waals surface area contributed by atoms with Crippen LogP contribution < -0.4 is 0 Å². The molecule has 1 aromatic carbocycles. The Bertz CT molecular complexity index is 472. The van der Waals surface area contributed by atoms with E-state index >= 15 is 0 Å². The number of carbonyl (C=O) groups is 1. The van der Waals surface area contributed by atoms with Gasteiger partial charge in [-0.25, -0.2) is 0 Å². The first-order valence-electron chi connectivity index (χ1n) is 6.76. The summed E-state index contributed by atoms with van der Waals surface area (Å²) in [7, 11) is 0. The zero-order valence-corrected chi connectivity index (χ0v) is 11.5. The third kappa shape index (κ3) is 3.26. The van der Waals surface area contributed by atoms with Crippen molar-refractivity contribution in [3.05, 3.63) is 23.8 Å². The monoisotopic (exact) mass is 263 g/mol. The molecule has 0 bridgehead atoms. The number of benzene rings is 1. The maximum Gasteiger partial charge on any atom is 0.176 e. The van der Waals surface area contributed by atoms with Crippen LogP contribution in [0.1, 0.15) is 37.0 Å². The van der Waals surface area contributed by atoms with Gasteiger partial charge in [0.25, 0.3) is 0 Å². The Morgan fingerprint density at radius 2 is 2.05 bits per heavy atom. The molecule has 104 valence electrons. The lowest BCUT2D eigenvalue weighted by molar-refractivity contribution is 0.0816. The molecule has 1 aliphatic rings. The van der Waals surface area contributed by atoms with Crippen molar-refractivity contribution in [3.63, 3.8) is 0 Å². The number of piperidine rings is 1. The number of phenols is 2. The van der Waals surface area contributed by atoms with E-state index in [0.717, 1.165) is 25.3 Å². The lowest BCUT2D eigenvalue weighted by Crippen LogP contribution is -2.43. The molecule has 1 saturated heterocycles. The van der Waals surface area contributed by atoms with E-state index in [2.05, 4.69) is 18.7 Å². The zero-order chi connectivity index (χ0) is 14.0. The van der Waals surface area contributed by atoms with E-state index in [0.29, 0.717) is 18.2 Å². The molecule has 1 aromatic rings. The van der Waals surface area contributed by atoms with Crippen molar-refractivity contribution in [2.75, 3.05) is 13.1 Å². The Kier molecular flexibility index (Phi) is 4.10. The normalized spacial score (nSPS) is 24.3. The SMILES string of the molecule is CC1CCN(CC(=O)c2ccc(O)c(O)c2)C(C)C1. The van der Waals surface area contributed by atoms with E-state index < -0.39 is 0 Å². The summed E-state index contributed by atoms with van der Waals surface area (Å²) in [5, 5.41) is 18.7. The minimum Gasteiger partial charge on any atom is -0.504 e. The lowest BCUT2D eigenvalue weighted by Gasteiger charge is -2.35. The summed E-state index contributed by atoms with van der Waals surface area (Å²) in [5.41, 5.74) is 0.445. The summed E-state index contributed by atoms with van der Waals surface area (Å²) in [6, 6.07) is 4.65. The van der Waals surface area contributed by atoms with Crippen molar-refractivity contribution in [1.82, 2.24) is 4.90 Å². The summed E-state index contributed by atoms with van der Waals surface area (Å²) < 4.78 is 0. The van der Waals surface area contributed by atoms with E-state index in [1.165, 1.54) is 12.1 Å². The number of aromatic hydroxyl groups is 2. The third-order valence-corrected chi connectivity index (χ3v) is 3.92. The van der Waals surface area contributed by atoms with Crippen LogP contribution in [0.15, 0.2) is 18.2 Å². The summed E-state index contributed by atoms with van der Waals surface area (Å²) in [6.45, 7) is 5.71. The van der Waals surface area contributed by atoms with Gasteiger partial charge in [0.15, 0.2) is 17.3 Å². The molecule has 2 atom stereocenters. The summed E-state index contributed by atoms with van der Waals surface area (Å²) in [5.74, 6) is 0.263. The molecule has 2 unspecified atom stereocenters. The molecule has 0 spiro atoms. The van der Waals surface area contributed by atoms with Gasteiger partial charge in [-0.2, -0.15) is 0 Å². The fraction of sp³-hybridized carbons (Fsp3) is 0.533. The number of nitrogens with zero attached hydrogens (tertiary/aromatic N) is 1. The lowest BCUT2D eigenvalue weighted by atomic mass is 9.93. The van der Waals surface area contributed by atoms with E-state index in [9.17, 15) is 15.0 Å². The van der Waals surface area contributed by atoms with Crippen LogP contribution in [0.4, 0.5) is 0 Å². The molecule has 1 fully saturated rings. The standard InChI is InChI=1S/C15H21NO3/c1-10-5-6-16(11(2)7-10)9-15(19)12-3-4-13(17)14(18)8-12/h3-4,8,10-11,17-18H,5-7,9H2,1-2H3. The summed E-state index contributed by atoms with van der Waals surface area (Å²) in [4.78, 5) is 14.4. The molecular weight excluding hydrogens is 242 g/mol. The second-order valence-electron chi connectivity index (χ2n) is 5.58. The van der Waals surface area contributed by atoms with E-state index in [1.807, 2.05) is 0 Å². The van der Waals surface area contributed by atoms with Crippen LogP contribution in [0.2, 0.25) is 0 Å². The number of hydrogen-bond donors (Lipinski definition) is 2. The van der Waals surface area contributed by atoms with Crippen molar-refractivity contribution in [1.29, 1.82) is 0 Å². The van der Waals surface area contributed by atoms with Crippen LogP contribution in [0.25, 0.3) is 0 Å². The molecule has 4 nitrogen and oxygen atoms in total. The van der Waals surface area contributed by atoms with Gasteiger partial charge < -0.3 is 10.2 Å². The topological polar surface area (TPSA) is 60.8 Å². The number of likely N-dealkylation sites (tertiary alicyclic amines) is 1. The maximum absolute atomic E-state index is 12.2. The first kappa shape index (κ1) is 13.9. The molecule has 0 radical (unpaired) electrons. The zero-order valence-electron chi connectivity index (χ0n) is 11.5. The summed E-state index contributed by atoms with van der Waals surface area (Å²) >= 11 is 0. The van der Waals surface area contributed by atoms with Gasteiger partial charge in [0.1, 0.15) is 0 Å². The third-order valence-electron chi connectivity index (χ3n) is 3.92. The molecule has 2 N–H and O–H groups in total. The second kappa shape index (κ2) is 5.61. The Morgan fingerprint density at radius 3 is 2.68 bits per heavy atom. The first-order chi connectivity index (χ1) is 8.97. The van der Waals surface area contributed by atoms with Gasteiger partial charge in [0.2, 0.25) is 0 Å². The molecule has 19 heavy (non-hydrogen) atoms. The van der Waals surface area contributed by atoms with Crippen LogP contribution in [0.5, 0.6) is 11.5 Å². The van der Waals surface area contributed by atoms with Crippen molar-refractivity contribution in [2.45, 2.75) is 32.7 Å². The van der Waals surface area contributed by atoms with Gasteiger partial charge in [0, 0.05) is 11.6 Å². The van der Waals surface area contributed by atoms with Gasteiger partial charge >= 0.3 is 0 Å². The predicted molar refractivity (Wildman–Crippen MR) is 73.5 cm³/mol. The van der Waals surface area contributed by atoms with Crippen LogP contribution in [0, 0.1) is 5.92 Å². The highest BCUT2D eigenvalue weighted by Crippen LogP contribution is 2.26. The van der Waals surface area contributed by atoms with Gasteiger partial charge in [-0.1, -0.05) is 6.92 Å². The highest BCUT2D eigenvalue weighted by Gasteiger charge is 2.24. The molecule has 2 rings (SSSR count). The number of Topliss-reactive ketones (excluding diaryl/α,β-unsaturated/α-hetero) is 1. The van der Waals surface area contributed by atoms with Crippen LogP contribution in [0.3, 0.4) is 0 Å². The molecule has 0 saturated carbocycles. The number of carbonyl (C=O) groups excluding carboxylic acids is 1. The second-order valence-corrected chi connectivity index (χ2v) is 5.58. The Hall–Kier alpha value is -1.55. The average Bonchev–Trinajstić information content (AvgIpc) is 2.36. The first-order valence-corrected chi connectivity index (χ1v) is 6.76. The molecule has 1 heterocycles. The fourth-order valence-electron chi connectivity index (χ4n) is 2.66. The van der Waals surface area contributed by atoms with E-state index in [4.69, 9.17) is 0 Å². The predicted octanol–water partition coefficient (Wildman–Crippen LogP) is 2.40. The van der Waals surface area contributed by atoms with Crippen molar-refractivity contribution < 1.29 is 15.0 Å². The minimum atomic E-state index is -0.244. The largest absolute Gasteiger partial charge is 0.504 e. The minimum absolute atomic E-state index is 0.0169. The van der Waals surface area contributed by atoms with Crippen LogP contribution in [-0.2, 0) is 0 Å². The number of hydrogen-bond acceptors (Lipinski definition) is 4. The summed E-state index contributed by atoms with van der Waals surface area (Å²) in [6.07, 6.45) is 2.24. The smallest absolute Gasteiger partial charge is 0.176 e. The van der Waals surface area contributed by atoms with Gasteiger partial charge in [-0.15, -0.1) is 0 Å². The highest BCUT2D eigenvalue weighted by atomic mass is 16.3. The molecule has 0 aromatic heterocycles. The molecule has 4 heteroatoms. The maximum atomic E-state index is 12.2. The van der Waals surface area contributed by atoms with Crippen LogP contribution in [-0.4, -0.2) is 40.0 Å². The quantitative estimate of drug-likeness (QED) is 0.649. The van der Waals surface area contributed by atoms with Crippen molar-refractivity contribution in [2.24, 2.45) is 5.92 Å². The molecule has 1 aliphatic heterocycles. The van der Waals surface area contributed by atoms with E-state index in [-0.39, 0.29) is 17.3 Å². The van der Waals surface area contributed by atoms with E-state index in [1.54, 1.807) is 6.07 Å². The molecule has 0 amide bonds. The number of ketones is 1. The highest BCUT2D eigenvalue weighted by molar-refractivity contribution is 5.98. The number of phenolic OH excluding ortho intramolecular Hbond substituents is 2. The molecular formula is C15H21NO3. The van der Waals surface area contributed by atoms with Gasteiger partial charge in [-0.3, -0.25) is 9.69 Å². The van der Waals surface area contributed by atoms with Gasteiger partial charge in [-0.05, 0) is 50.4 Å². The average molecular weight is 263 g/mol. The Morgan fingerprint density at radius 1 is 1.32 bits per heavy atom.